The summed E-state index contributed by atoms with van der Waals surface area (Å²) < 4.78 is 0. The highest BCUT2D eigenvalue weighted by Crippen LogP contribution is 2.14. The second-order valence-corrected chi connectivity index (χ2v) is 3.86. The van der Waals surface area contributed by atoms with Crippen molar-refractivity contribution < 1.29 is 0 Å². The van der Waals surface area contributed by atoms with Crippen molar-refractivity contribution in [1.82, 2.24) is 4.98 Å². The van der Waals surface area contributed by atoms with Crippen molar-refractivity contribution in [2.24, 2.45) is 0 Å². The van der Waals surface area contributed by atoms with E-state index in [-0.39, 0.29) is 0 Å². The van der Waals surface area contributed by atoms with Gasteiger partial charge < -0.3 is 0 Å². The molecule has 1 aromatic heterocycles. The van der Waals surface area contributed by atoms with Crippen LogP contribution in [0, 0.1) is 18.8 Å². The summed E-state index contributed by atoms with van der Waals surface area (Å²) in [4.78, 5) is 4.44. The first-order valence-electron chi connectivity index (χ1n) is 4.72. The van der Waals surface area contributed by atoms with Gasteiger partial charge in [0.05, 0.1) is 10.8 Å². The number of fused-ring (bicyclic) bond motifs is 1. The summed E-state index contributed by atoms with van der Waals surface area (Å²) in [6, 6.07) is 10.2. The molecule has 2 heteroatoms. The number of hydrogen-bond donors (Lipinski definition) is 0. The van der Waals surface area contributed by atoms with Crippen LogP contribution in [0.3, 0.4) is 0 Å². The fraction of sp³-hybridized carbons (Fsp3) is 0.154. The minimum absolute atomic E-state index is 0.706. The van der Waals surface area contributed by atoms with Gasteiger partial charge in [-0.25, -0.2) is 0 Å². The van der Waals surface area contributed by atoms with Crippen molar-refractivity contribution in [3.63, 3.8) is 0 Å². The van der Waals surface area contributed by atoms with Crippen molar-refractivity contribution in [3.8, 4) is 11.8 Å². The molecule has 0 radical (unpaired) electrons. The van der Waals surface area contributed by atoms with Crippen LogP contribution >= 0.6 is 15.9 Å². The van der Waals surface area contributed by atoms with Crippen LogP contribution in [-0.4, -0.2) is 10.3 Å². The number of benzene rings is 1. The summed E-state index contributed by atoms with van der Waals surface area (Å²) in [6.07, 6.45) is 0. The zero-order valence-corrected chi connectivity index (χ0v) is 10.0. The molecule has 74 valence electrons. The summed E-state index contributed by atoms with van der Waals surface area (Å²) in [5, 5.41) is 1.85. The summed E-state index contributed by atoms with van der Waals surface area (Å²) in [6.45, 7) is 2.00. The predicted molar refractivity (Wildman–Crippen MR) is 67.2 cm³/mol. The Bertz CT molecular complexity index is 549. The fourth-order valence-electron chi connectivity index (χ4n) is 1.44. The third kappa shape index (κ3) is 2.37. The van der Waals surface area contributed by atoms with Gasteiger partial charge in [-0.2, -0.15) is 0 Å². The van der Waals surface area contributed by atoms with E-state index in [4.69, 9.17) is 0 Å². The summed E-state index contributed by atoms with van der Waals surface area (Å²) in [5.41, 5.74) is 3.11. The first-order valence-corrected chi connectivity index (χ1v) is 5.84. The van der Waals surface area contributed by atoms with E-state index in [2.05, 4.69) is 44.9 Å². The van der Waals surface area contributed by atoms with E-state index in [0.29, 0.717) is 5.33 Å². The molecule has 1 nitrogen and oxygen atoms in total. The molecule has 0 bridgehead atoms. The maximum Gasteiger partial charge on any atom is 0.0706 e. The Hall–Kier alpha value is -1.33. The quantitative estimate of drug-likeness (QED) is 0.523. The highest BCUT2D eigenvalue weighted by Gasteiger charge is 1.95. The third-order valence-electron chi connectivity index (χ3n) is 2.13. The zero-order chi connectivity index (χ0) is 10.7. The first-order chi connectivity index (χ1) is 7.29. The number of nitrogens with zero attached hydrogens (tertiary/aromatic N) is 1. The average Bonchev–Trinajstić information content (AvgIpc) is 2.26. The molecule has 2 rings (SSSR count). The molecule has 0 fully saturated rings. The maximum absolute atomic E-state index is 4.44. The summed E-state index contributed by atoms with van der Waals surface area (Å²) >= 11 is 3.28. The number of aryl methyl sites for hydroxylation is 1. The lowest BCUT2D eigenvalue weighted by Crippen LogP contribution is -1.83. The molecule has 0 atom stereocenters. The largest absolute Gasteiger partial charge is 0.253 e. The molecule has 0 saturated heterocycles. The summed E-state index contributed by atoms with van der Waals surface area (Å²) in [7, 11) is 0. The number of alkyl halides is 1. The number of rotatable bonds is 0. The molecule has 15 heavy (non-hydrogen) atoms. The first kappa shape index (κ1) is 10.2. The molecule has 0 saturated carbocycles. The van der Waals surface area contributed by atoms with E-state index < -0.39 is 0 Å². The highest BCUT2D eigenvalue weighted by molar-refractivity contribution is 9.09. The molecule has 0 N–H and O–H groups in total. The molecule has 0 aliphatic carbocycles. The van der Waals surface area contributed by atoms with E-state index >= 15 is 0 Å². The standard InChI is InChI=1S/C13H10BrN/c1-10-4-6-12-9-11(3-2-8-14)5-7-13(12)15-10/h4-7,9H,8H2,1H3. The Morgan fingerprint density at radius 2 is 2.13 bits per heavy atom. The van der Waals surface area contributed by atoms with Crippen LogP contribution < -0.4 is 0 Å². The molecule has 0 amide bonds. The van der Waals surface area contributed by atoms with Gasteiger partial charge in [0.2, 0.25) is 0 Å². The summed E-state index contributed by atoms with van der Waals surface area (Å²) in [5.74, 6) is 6.06. The number of hydrogen-bond acceptors (Lipinski definition) is 1. The van der Waals surface area contributed by atoms with E-state index in [0.717, 1.165) is 22.2 Å². The predicted octanol–water partition coefficient (Wildman–Crippen LogP) is 3.29. The number of halogens is 1. The van der Waals surface area contributed by atoms with Crippen molar-refractivity contribution in [1.29, 1.82) is 0 Å². The maximum atomic E-state index is 4.44. The highest BCUT2D eigenvalue weighted by atomic mass is 79.9. The smallest absolute Gasteiger partial charge is 0.0706 e. The van der Waals surface area contributed by atoms with Crippen molar-refractivity contribution in [2.75, 3.05) is 5.33 Å². The lowest BCUT2D eigenvalue weighted by atomic mass is 10.1. The van der Waals surface area contributed by atoms with Gasteiger partial charge in [-0.15, -0.1) is 0 Å². The second kappa shape index (κ2) is 4.46. The molecule has 0 unspecified atom stereocenters. The number of pyridine rings is 1. The lowest BCUT2D eigenvalue weighted by molar-refractivity contribution is 1.25. The molecule has 0 aliphatic rings. The lowest BCUT2D eigenvalue weighted by Gasteiger charge is -1.98. The van der Waals surface area contributed by atoms with Gasteiger partial charge in [0.1, 0.15) is 0 Å². The second-order valence-electron chi connectivity index (χ2n) is 3.30. The normalized spacial score (nSPS) is 9.73. The monoisotopic (exact) mass is 259 g/mol. The van der Waals surface area contributed by atoms with Crippen LogP contribution in [0.4, 0.5) is 0 Å². The van der Waals surface area contributed by atoms with Crippen LogP contribution in [-0.2, 0) is 0 Å². The van der Waals surface area contributed by atoms with Crippen LogP contribution in [0.1, 0.15) is 11.3 Å². The van der Waals surface area contributed by atoms with E-state index in [1.165, 1.54) is 0 Å². The van der Waals surface area contributed by atoms with Crippen LogP contribution in [0.15, 0.2) is 30.3 Å². The molecule has 0 spiro atoms. The van der Waals surface area contributed by atoms with Gasteiger partial charge in [-0.1, -0.05) is 33.8 Å². The van der Waals surface area contributed by atoms with Crippen molar-refractivity contribution in [3.05, 3.63) is 41.6 Å². The van der Waals surface area contributed by atoms with E-state index in [9.17, 15) is 0 Å². The Balaban J connectivity index is 2.52. The fourth-order valence-corrected chi connectivity index (χ4v) is 1.58. The minimum atomic E-state index is 0.706. The van der Waals surface area contributed by atoms with Gasteiger partial charge in [-0.3, -0.25) is 4.98 Å². The van der Waals surface area contributed by atoms with E-state index in [1.807, 2.05) is 25.1 Å². The molecule has 1 heterocycles. The van der Waals surface area contributed by atoms with Gasteiger partial charge in [-0.05, 0) is 31.2 Å². The molecule has 1 aromatic carbocycles. The third-order valence-corrected chi connectivity index (χ3v) is 2.41. The molecular formula is C13H10BrN. The van der Waals surface area contributed by atoms with Gasteiger partial charge in [0, 0.05) is 16.6 Å². The molecule has 0 aliphatic heterocycles. The van der Waals surface area contributed by atoms with Gasteiger partial charge >= 0.3 is 0 Å². The van der Waals surface area contributed by atoms with E-state index in [1.54, 1.807) is 0 Å². The van der Waals surface area contributed by atoms with Crippen LogP contribution in [0.25, 0.3) is 10.9 Å². The Kier molecular flexibility index (Phi) is 3.03. The minimum Gasteiger partial charge on any atom is -0.253 e. The average molecular weight is 260 g/mol. The molecule has 2 aromatic rings. The van der Waals surface area contributed by atoms with Gasteiger partial charge in [0.15, 0.2) is 0 Å². The molecular weight excluding hydrogens is 250 g/mol. The zero-order valence-electron chi connectivity index (χ0n) is 8.42. The van der Waals surface area contributed by atoms with Crippen LogP contribution in [0.5, 0.6) is 0 Å². The van der Waals surface area contributed by atoms with Crippen LogP contribution in [0.2, 0.25) is 0 Å². The van der Waals surface area contributed by atoms with Crippen molar-refractivity contribution >= 4 is 26.8 Å². The Labute approximate surface area is 97.7 Å². The topological polar surface area (TPSA) is 12.9 Å². The van der Waals surface area contributed by atoms with Crippen molar-refractivity contribution in [2.45, 2.75) is 6.92 Å². The SMILES string of the molecule is Cc1ccc2cc(C#CCBr)ccc2n1. The Morgan fingerprint density at radius 3 is 2.93 bits per heavy atom. The number of aromatic nitrogens is 1. The van der Waals surface area contributed by atoms with Gasteiger partial charge in [0.25, 0.3) is 0 Å². The Morgan fingerprint density at radius 1 is 1.27 bits per heavy atom.